The van der Waals surface area contributed by atoms with Crippen molar-refractivity contribution in [2.24, 2.45) is 5.10 Å². The summed E-state index contributed by atoms with van der Waals surface area (Å²) in [7, 11) is 0. The Balaban J connectivity index is 1.87. The van der Waals surface area contributed by atoms with Crippen LogP contribution in [-0.4, -0.2) is 16.4 Å². The van der Waals surface area contributed by atoms with Gasteiger partial charge in [0.25, 0.3) is 0 Å². The number of anilines is 1. The molecule has 1 N–H and O–H groups in total. The molecule has 21 heavy (non-hydrogen) atoms. The standard InChI is InChI=1S/C15H10Cl2N4/c16-11-5-3-4-10(8-11)9-18-20-15-13-7-2-1-6-12(13)14(17)19-21-15/h1-9H,(H,20,21)/b18-9-. The molecule has 4 nitrogen and oxygen atoms in total. The molecule has 0 radical (unpaired) electrons. The minimum absolute atomic E-state index is 0.370. The topological polar surface area (TPSA) is 50.2 Å². The average Bonchev–Trinajstić information content (AvgIpc) is 2.50. The minimum Gasteiger partial charge on any atom is -0.259 e. The summed E-state index contributed by atoms with van der Waals surface area (Å²) < 4.78 is 0. The van der Waals surface area contributed by atoms with Crippen LogP contribution < -0.4 is 5.43 Å². The second kappa shape index (κ2) is 6.08. The van der Waals surface area contributed by atoms with Gasteiger partial charge in [-0.25, -0.2) is 0 Å². The van der Waals surface area contributed by atoms with Crippen molar-refractivity contribution in [2.75, 3.05) is 5.43 Å². The highest BCUT2D eigenvalue weighted by Crippen LogP contribution is 2.25. The molecule has 104 valence electrons. The first kappa shape index (κ1) is 13.8. The van der Waals surface area contributed by atoms with E-state index < -0.39 is 0 Å². The maximum Gasteiger partial charge on any atom is 0.176 e. The minimum atomic E-state index is 0.370. The first-order valence-corrected chi connectivity index (χ1v) is 6.95. The Kier molecular flexibility index (Phi) is 3.99. The quantitative estimate of drug-likeness (QED) is 0.576. The number of nitrogens with zero attached hydrogens (tertiary/aromatic N) is 3. The normalized spacial score (nSPS) is 11.1. The Morgan fingerprint density at radius 3 is 2.57 bits per heavy atom. The number of rotatable bonds is 3. The number of halogens is 2. The summed E-state index contributed by atoms with van der Waals surface area (Å²) in [6, 6.07) is 15.0. The first-order chi connectivity index (χ1) is 10.2. The molecule has 0 aliphatic heterocycles. The zero-order valence-electron chi connectivity index (χ0n) is 10.8. The molecule has 2 aromatic carbocycles. The van der Waals surface area contributed by atoms with Gasteiger partial charge in [-0.3, -0.25) is 5.43 Å². The molecule has 3 rings (SSSR count). The average molecular weight is 317 g/mol. The van der Waals surface area contributed by atoms with E-state index in [-0.39, 0.29) is 0 Å². The fourth-order valence-electron chi connectivity index (χ4n) is 1.91. The molecular weight excluding hydrogens is 307 g/mol. The molecule has 1 aromatic heterocycles. The molecule has 0 aliphatic carbocycles. The summed E-state index contributed by atoms with van der Waals surface area (Å²) in [5.41, 5.74) is 3.77. The van der Waals surface area contributed by atoms with E-state index in [9.17, 15) is 0 Å². The fourth-order valence-corrected chi connectivity index (χ4v) is 2.31. The molecule has 0 unspecified atom stereocenters. The molecular formula is C15H10Cl2N4. The van der Waals surface area contributed by atoms with Crippen LogP contribution in [0.2, 0.25) is 10.2 Å². The molecule has 0 spiro atoms. The lowest BCUT2D eigenvalue weighted by Crippen LogP contribution is -1.97. The van der Waals surface area contributed by atoms with Crippen LogP contribution in [0.5, 0.6) is 0 Å². The lowest BCUT2D eigenvalue weighted by Gasteiger charge is -2.04. The Bertz CT molecular complexity index is 818. The Morgan fingerprint density at radius 2 is 1.76 bits per heavy atom. The van der Waals surface area contributed by atoms with E-state index in [0.29, 0.717) is 16.0 Å². The number of hydrogen-bond acceptors (Lipinski definition) is 4. The van der Waals surface area contributed by atoms with Crippen LogP contribution in [-0.2, 0) is 0 Å². The van der Waals surface area contributed by atoms with Crippen molar-refractivity contribution in [1.82, 2.24) is 10.2 Å². The van der Waals surface area contributed by atoms with E-state index >= 15 is 0 Å². The third-order valence-corrected chi connectivity index (χ3v) is 3.39. The number of hydrazone groups is 1. The van der Waals surface area contributed by atoms with Crippen LogP contribution in [0.1, 0.15) is 5.56 Å². The van der Waals surface area contributed by atoms with E-state index in [4.69, 9.17) is 23.2 Å². The Morgan fingerprint density at radius 1 is 0.952 bits per heavy atom. The van der Waals surface area contributed by atoms with Crippen molar-refractivity contribution in [1.29, 1.82) is 0 Å². The van der Waals surface area contributed by atoms with Gasteiger partial charge >= 0.3 is 0 Å². The van der Waals surface area contributed by atoms with Gasteiger partial charge in [0.2, 0.25) is 0 Å². The lowest BCUT2D eigenvalue weighted by atomic mass is 10.2. The number of benzene rings is 2. The van der Waals surface area contributed by atoms with Crippen LogP contribution >= 0.6 is 23.2 Å². The zero-order chi connectivity index (χ0) is 14.7. The van der Waals surface area contributed by atoms with Gasteiger partial charge in [-0.2, -0.15) is 5.10 Å². The SMILES string of the molecule is Clc1cccc(/C=N\Nc2nnc(Cl)c3ccccc23)c1. The predicted molar refractivity (Wildman–Crippen MR) is 87.2 cm³/mol. The summed E-state index contributed by atoms with van der Waals surface area (Å²) in [5, 5.41) is 14.8. The first-order valence-electron chi connectivity index (χ1n) is 6.19. The third kappa shape index (κ3) is 3.12. The molecule has 0 saturated heterocycles. The second-order valence-electron chi connectivity index (χ2n) is 4.31. The van der Waals surface area contributed by atoms with Crippen LogP contribution in [0.25, 0.3) is 10.8 Å². The van der Waals surface area contributed by atoms with E-state index in [0.717, 1.165) is 16.3 Å². The van der Waals surface area contributed by atoms with Gasteiger partial charge in [0, 0.05) is 15.8 Å². The molecule has 0 bridgehead atoms. The number of nitrogens with one attached hydrogen (secondary N) is 1. The van der Waals surface area contributed by atoms with Gasteiger partial charge in [-0.05, 0) is 17.7 Å². The van der Waals surface area contributed by atoms with Gasteiger partial charge in [-0.15, -0.1) is 10.2 Å². The third-order valence-electron chi connectivity index (χ3n) is 2.87. The zero-order valence-corrected chi connectivity index (χ0v) is 12.3. The molecule has 3 aromatic rings. The van der Waals surface area contributed by atoms with Crippen molar-refractivity contribution in [3.8, 4) is 0 Å². The molecule has 0 saturated carbocycles. The van der Waals surface area contributed by atoms with Crippen molar-refractivity contribution < 1.29 is 0 Å². The van der Waals surface area contributed by atoms with Gasteiger partial charge in [0.1, 0.15) is 0 Å². The van der Waals surface area contributed by atoms with Crippen LogP contribution in [0.3, 0.4) is 0 Å². The maximum atomic E-state index is 6.02. The van der Waals surface area contributed by atoms with E-state index in [2.05, 4.69) is 20.7 Å². The molecule has 1 heterocycles. The predicted octanol–water partition coefficient (Wildman–Crippen LogP) is 4.38. The fraction of sp³-hybridized carbons (Fsp3) is 0. The number of aromatic nitrogens is 2. The smallest absolute Gasteiger partial charge is 0.176 e. The lowest BCUT2D eigenvalue weighted by molar-refractivity contribution is 1.04. The van der Waals surface area contributed by atoms with E-state index in [1.54, 1.807) is 6.21 Å². The monoisotopic (exact) mass is 316 g/mol. The van der Waals surface area contributed by atoms with Crippen LogP contribution in [0.4, 0.5) is 5.82 Å². The Hall–Kier alpha value is -2.17. The van der Waals surface area contributed by atoms with Gasteiger partial charge in [0.15, 0.2) is 11.0 Å². The van der Waals surface area contributed by atoms with Crippen molar-refractivity contribution in [3.63, 3.8) is 0 Å². The number of hydrogen-bond donors (Lipinski definition) is 1. The summed E-state index contributed by atoms with van der Waals surface area (Å²) in [5.74, 6) is 0.549. The van der Waals surface area contributed by atoms with Crippen molar-refractivity contribution in [3.05, 3.63) is 64.3 Å². The van der Waals surface area contributed by atoms with Crippen molar-refractivity contribution >= 4 is 46.0 Å². The summed E-state index contributed by atoms with van der Waals surface area (Å²) >= 11 is 11.9. The van der Waals surface area contributed by atoms with Crippen LogP contribution in [0.15, 0.2) is 53.6 Å². The molecule has 0 amide bonds. The molecule has 6 heteroatoms. The largest absolute Gasteiger partial charge is 0.259 e. The highest BCUT2D eigenvalue weighted by Gasteiger charge is 2.05. The summed E-state index contributed by atoms with van der Waals surface area (Å²) in [6.07, 6.45) is 1.66. The van der Waals surface area contributed by atoms with Gasteiger partial charge < -0.3 is 0 Å². The second-order valence-corrected chi connectivity index (χ2v) is 5.10. The van der Waals surface area contributed by atoms with Crippen LogP contribution in [0, 0.1) is 0 Å². The summed E-state index contributed by atoms with van der Waals surface area (Å²) in [4.78, 5) is 0. The highest BCUT2D eigenvalue weighted by molar-refractivity contribution is 6.34. The molecule has 0 fully saturated rings. The maximum absolute atomic E-state index is 6.02. The van der Waals surface area contributed by atoms with Gasteiger partial charge in [-0.1, -0.05) is 59.6 Å². The van der Waals surface area contributed by atoms with E-state index in [1.807, 2.05) is 48.5 Å². The number of fused-ring (bicyclic) bond motifs is 1. The van der Waals surface area contributed by atoms with Gasteiger partial charge in [0.05, 0.1) is 6.21 Å². The van der Waals surface area contributed by atoms with E-state index in [1.165, 1.54) is 0 Å². The Labute approximate surface area is 131 Å². The summed E-state index contributed by atoms with van der Waals surface area (Å²) in [6.45, 7) is 0. The highest BCUT2D eigenvalue weighted by atomic mass is 35.5. The molecule has 0 atom stereocenters. The molecule has 0 aliphatic rings. The van der Waals surface area contributed by atoms with Crippen molar-refractivity contribution in [2.45, 2.75) is 0 Å².